The fourth-order valence-corrected chi connectivity index (χ4v) is 3.26. The van der Waals surface area contributed by atoms with Crippen molar-refractivity contribution in [3.05, 3.63) is 58.3 Å². The zero-order chi connectivity index (χ0) is 17.5. The molecule has 2 aromatic rings. The SMILES string of the molecule is Cc1cc(C)nc(NC2CC(C)(c3ccc(C)c(C)c3)OC2=O)c1. The number of carbonyl (C=O) groups excluding carboxylic acids is 1. The highest BCUT2D eigenvalue weighted by Gasteiger charge is 2.44. The fourth-order valence-electron chi connectivity index (χ4n) is 3.26. The molecule has 24 heavy (non-hydrogen) atoms. The van der Waals surface area contributed by atoms with Gasteiger partial charge in [-0.25, -0.2) is 9.78 Å². The largest absolute Gasteiger partial charge is 0.453 e. The summed E-state index contributed by atoms with van der Waals surface area (Å²) in [6.45, 7) is 10.1. The van der Waals surface area contributed by atoms with E-state index in [1.807, 2.05) is 39.0 Å². The van der Waals surface area contributed by atoms with Crippen molar-refractivity contribution in [2.45, 2.75) is 52.7 Å². The van der Waals surface area contributed by atoms with Crippen molar-refractivity contribution in [1.82, 2.24) is 4.98 Å². The first-order valence-corrected chi connectivity index (χ1v) is 8.29. The van der Waals surface area contributed by atoms with Crippen LogP contribution in [0.15, 0.2) is 30.3 Å². The van der Waals surface area contributed by atoms with Gasteiger partial charge < -0.3 is 10.1 Å². The first-order chi connectivity index (χ1) is 11.3. The number of cyclic esters (lactones) is 1. The summed E-state index contributed by atoms with van der Waals surface area (Å²) in [4.78, 5) is 16.8. The highest BCUT2D eigenvalue weighted by molar-refractivity contribution is 5.82. The van der Waals surface area contributed by atoms with Crippen LogP contribution in [0.2, 0.25) is 0 Å². The number of aromatic nitrogens is 1. The van der Waals surface area contributed by atoms with E-state index in [9.17, 15) is 4.79 Å². The number of aryl methyl sites for hydroxylation is 4. The van der Waals surface area contributed by atoms with E-state index < -0.39 is 5.60 Å². The molecular weight excluding hydrogens is 300 g/mol. The van der Waals surface area contributed by atoms with E-state index in [1.165, 1.54) is 11.1 Å². The van der Waals surface area contributed by atoms with E-state index in [-0.39, 0.29) is 12.0 Å². The van der Waals surface area contributed by atoms with Crippen LogP contribution in [0.5, 0.6) is 0 Å². The van der Waals surface area contributed by atoms with Crippen molar-refractivity contribution in [3.8, 4) is 0 Å². The van der Waals surface area contributed by atoms with Crippen LogP contribution >= 0.6 is 0 Å². The van der Waals surface area contributed by atoms with Crippen molar-refractivity contribution in [2.75, 3.05) is 5.32 Å². The third-order valence-corrected chi connectivity index (χ3v) is 4.74. The van der Waals surface area contributed by atoms with Gasteiger partial charge in [-0.3, -0.25) is 0 Å². The minimum Gasteiger partial charge on any atom is -0.453 e. The third kappa shape index (κ3) is 3.14. The molecule has 1 fully saturated rings. The topological polar surface area (TPSA) is 51.2 Å². The molecule has 1 aromatic heterocycles. The Morgan fingerprint density at radius 2 is 1.88 bits per heavy atom. The van der Waals surface area contributed by atoms with Crippen molar-refractivity contribution in [2.24, 2.45) is 0 Å². The summed E-state index contributed by atoms with van der Waals surface area (Å²) in [6, 6.07) is 9.82. The van der Waals surface area contributed by atoms with E-state index in [2.05, 4.69) is 36.3 Å². The summed E-state index contributed by atoms with van der Waals surface area (Å²) in [7, 11) is 0. The Morgan fingerprint density at radius 3 is 2.54 bits per heavy atom. The van der Waals surface area contributed by atoms with Crippen molar-refractivity contribution >= 4 is 11.8 Å². The number of carbonyl (C=O) groups is 1. The van der Waals surface area contributed by atoms with Gasteiger partial charge in [0.05, 0.1) is 0 Å². The van der Waals surface area contributed by atoms with Gasteiger partial charge in [0, 0.05) is 12.1 Å². The molecule has 1 aliphatic rings. The van der Waals surface area contributed by atoms with Crippen LogP contribution < -0.4 is 5.32 Å². The molecule has 1 saturated heterocycles. The number of hydrogen-bond acceptors (Lipinski definition) is 4. The normalized spacial score (nSPS) is 23.2. The van der Waals surface area contributed by atoms with Crippen LogP contribution in [0, 0.1) is 27.7 Å². The summed E-state index contributed by atoms with van der Waals surface area (Å²) >= 11 is 0. The molecule has 0 amide bonds. The molecule has 0 saturated carbocycles. The maximum Gasteiger partial charge on any atom is 0.329 e. The number of hydrogen-bond donors (Lipinski definition) is 1. The number of nitrogens with zero attached hydrogens (tertiary/aromatic N) is 1. The number of nitrogens with one attached hydrogen (secondary N) is 1. The Balaban J connectivity index is 1.83. The zero-order valence-electron chi connectivity index (χ0n) is 14.9. The summed E-state index contributed by atoms with van der Waals surface area (Å²) in [5.74, 6) is 0.496. The van der Waals surface area contributed by atoms with Gasteiger partial charge in [0.1, 0.15) is 17.5 Å². The molecule has 1 aromatic carbocycles. The Labute approximate surface area is 143 Å². The second-order valence-corrected chi connectivity index (χ2v) is 7.02. The standard InChI is InChI=1S/C20H24N2O2/c1-12-8-15(4)21-18(9-12)22-17-11-20(5,24-19(17)23)16-7-6-13(2)14(3)10-16/h6-10,17H,11H2,1-5H3,(H,21,22). The molecular formula is C20H24N2O2. The minimum absolute atomic E-state index is 0.225. The van der Waals surface area contributed by atoms with Gasteiger partial charge in [-0.2, -0.15) is 0 Å². The second kappa shape index (κ2) is 5.93. The van der Waals surface area contributed by atoms with Gasteiger partial charge in [-0.05, 0) is 69.0 Å². The van der Waals surface area contributed by atoms with E-state index in [0.29, 0.717) is 6.42 Å². The van der Waals surface area contributed by atoms with Gasteiger partial charge in [-0.15, -0.1) is 0 Å². The minimum atomic E-state index is -0.605. The maximum absolute atomic E-state index is 12.4. The van der Waals surface area contributed by atoms with Crippen molar-refractivity contribution < 1.29 is 9.53 Å². The summed E-state index contributed by atoms with van der Waals surface area (Å²) < 4.78 is 5.75. The molecule has 0 radical (unpaired) electrons. The first-order valence-electron chi connectivity index (χ1n) is 8.29. The first kappa shape index (κ1) is 16.5. The lowest BCUT2D eigenvalue weighted by atomic mass is 9.89. The summed E-state index contributed by atoms with van der Waals surface area (Å²) in [5, 5.41) is 3.24. The Morgan fingerprint density at radius 1 is 1.12 bits per heavy atom. The molecule has 2 atom stereocenters. The van der Waals surface area contributed by atoms with Crippen LogP contribution in [0.3, 0.4) is 0 Å². The fraction of sp³-hybridized carbons (Fsp3) is 0.400. The molecule has 0 bridgehead atoms. The number of esters is 1. The van der Waals surface area contributed by atoms with Gasteiger partial charge in [0.15, 0.2) is 0 Å². The van der Waals surface area contributed by atoms with E-state index in [1.54, 1.807) is 0 Å². The van der Waals surface area contributed by atoms with Gasteiger partial charge in [-0.1, -0.05) is 18.2 Å². The van der Waals surface area contributed by atoms with Gasteiger partial charge in [0.2, 0.25) is 0 Å². The monoisotopic (exact) mass is 324 g/mol. The zero-order valence-corrected chi connectivity index (χ0v) is 14.9. The highest BCUT2D eigenvalue weighted by Crippen LogP contribution is 2.38. The average molecular weight is 324 g/mol. The molecule has 0 aliphatic carbocycles. The van der Waals surface area contributed by atoms with Crippen LogP contribution in [-0.2, 0) is 15.1 Å². The third-order valence-electron chi connectivity index (χ3n) is 4.74. The number of anilines is 1. The number of rotatable bonds is 3. The molecule has 2 heterocycles. The van der Waals surface area contributed by atoms with Gasteiger partial charge in [0.25, 0.3) is 0 Å². The summed E-state index contributed by atoms with van der Waals surface area (Å²) in [5.41, 5.74) is 4.93. The van der Waals surface area contributed by atoms with Crippen LogP contribution in [0.4, 0.5) is 5.82 Å². The Hall–Kier alpha value is -2.36. The number of pyridine rings is 1. The lowest BCUT2D eigenvalue weighted by Gasteiger charge is -2.24. The summed E-state index contributed by atoms with van der Waals surface area (Å²) in [6.07, 6.45) is 0.586. The quantitative estimate of drug-likeness (QED) is 0.868. The van der Waals surface area contributed by atoms with E-state index in [4.69, 9.17) is 4.74 Å². The average Bonchev–Trinajstić information content (AvgIpc) is 2.76. The molecule has 4 nitrogen and oxygen atoms in total. The smallest absolute Gasteiger partial charge is 0.329 e. The van der Waals surface area contributed by atoms with Gasteiger partial charge >= 0.3 is 5.97 Å². The maximum atomic E-state index is 12.4. The van der Waals surface area contributed by atoms with E-state index >= 15 is 0 Å². The van der Waals surface area contributed by atoms with Crippen molar-refractivity contribution in [1.29, 1.82) is 0 Å². The predicted molar refractivity (Wildman–Crippen MR) is 95.1 cm³/mol. The Kier molecular flexibility index (Phi) is 4.08. The molecule has 3 rings (SSSR count). The predicted octanol–water partition coefficient (Wildman–Crippen LogP) is 3.96. The molecule has 126 valence electrons. The van der Waals surface area contributed by atoms with Crippen molar-refractivity contribution in [3.63, 3.8) is 0 Å². The molecule has 1 aliphatic heterocycles. The van der Waals surface area contributed by atoms with Crippen LogP contribution in [0.1, 0.15) is 41.3 Å². The lowest BCUT2D eigenvalue weighted by molar-refractivity contribution is -0.148. The second-order valence-electron chi connectivity index (χ2n) is 7.02. The molecule has 1 N–H and O–H groups in total. The molecule has 0 spiro atoms. The highest BCUT2D eigenvalue weighted by atomic mass is 16.6. The molecule has 2 unspecified atom stereocenters. The molecule has 4 heteroatoms. The Bertz CT molecular complexity index is 780. The lowest BCUT2D eigenvalue weighted by Crippen LogP contribution is -2.25. The number of ether oxygens (including phenoxy) is 1. The van der Waals surface area contributed by atoms with E-state index in [0.717, 1.165) is 22.6 Å². The van der Waals surface area contributed by atoms with Crippen LogP contribution in [0.25, 0.3) is 0 Å². The number of benzene rings is 1. The van der Waals surface area contributed by atoms with Crippen LogP contribution in [-0.4, -0.2) is 17.0 Å².